The first kappa shape index (κ1) is 14.3. The molecule has 2 nitrogen and oxygen atoms in total. The van der Waals surface area contributed by atoms with Crippen molar-refractivity contribution >= 4 is 0 Å². The fraction of sp³-hybridized carbons (Fsp3) is 0.538. The Morgan fingerprint density at radius 1 is 1.37 bits per heavy atom. The number of hydrogen-bond acceptors (Lipinski definition) is 2. The molecule has 2 unspecified atom stereocenters. The minimum atomic E-state index is -4.67. The summed E-state index contributed by atoms with van der Waals surface area (Å²) in [6, 6.07) is 3.04. The van der Waals surface area contributed by atoms with Crippen LogP contribution in [0.15, 0.2) is 18.2 Å². The minimum Gasteiger partial charge on any atom is -0.330 e. The molecule has 106 valence electrons. The molecule has 1 aromatic carbocycles. The van der Waals surface area contributed by atoms with Crippen molar-refractivity contribution in [2.24, 2.45) is 11.7 Å². The normalized spacial score (nSPS) is 24.9. The maximum Gasteiger partial charge on any atom is 0.419 e. The maximum absolute atomic E-state index is 13.3. The van der Waals surface area contributed by atoms with Crippen LogP contribution in [0.25, 0.3) is 0 Å². The zero-order valence-electron chi connectivity index (χ0n) is 10.5. The molecular weight excluding hydrogens is 260 g/mol. The van der Waals surface area contributed by atoms with E-state index in [-0.39, 0.29) is 12.0 Å². The average Bonchev–Trinajstić information content (AvgIpc) is 2.70. The van der Waals surface area contributed by atoms with Gasteiger partial charge in [-0.2, -0.15) is 13.2 Å². The smallest absolute Gasteiger partial charge is 0.330 e. The van der Waals surface area contributed by atoms with E-state index < -0.39 is 17.6 Å². The van der Waals surface area contributed by atoms with E-state index in [2.05, 4.69) is 0 Å². The lowest BCUT2D eigenvalue weighted by Crippen LogP contribution is -2.25. The number of benzene rings is 1. The van der Waals surface area contributed by atoms with Crippen LogP contribution in [-0.2, 0) is 6.18 Å². The molecule has 0 amide bonds. The predicted molar refractivity (Wildman–Crippen MR) is 63.9 cm³/mol. The standard InChI is InChI=1S/C13H16F4N2/c1-19-5-4-9(7-18)12(19)8-2-3-11(14)10(6-8)13(15,16)17/h2-3,6,9,12H,4-5,7,18H2,1H3. The molecule has 2 N–H and O–H groups in total. The van der Waals surface area contributed by atoms with Gasteiger partial charge in [0.05, 0.1) is 5.56 Å². The highest BCUT2D eigenvalue weighted by Gasteiger charge is 2.37. The molecule has 2 atom stereocenters. The van der Waals surface area contributed by atoms with Crippen LogP contribution in [0, 0.1) is 11.7 Å². The van der Waals surface area contributed by atoms with Gasteiger partial charge in [-0.05, 0) is 50.2 Å². The molecule has 1 aromatic rings. The van der Waals surface area contributed by atoms with Gasteiger partial charge in [-0.1, -0.05) is 6.07 Å². The van der Waals surface area contributed by atoms with Crippen LogP contribution in [0.4, 0.5) is 17.6 Å². The highest BCUT2D eigenvalue weighted by atomic mass is 19.4. The largest absolute Gasteiger partial charge is 0.419 e. The second-order valence-corrected chi connectivity index (χ2v) is 4.95. The first-order chi connectivity index (χ1) is 8.84. The Bertz CT molecular complexity index is 458. The number of likely N-dealkylation sites (tertiary alicyclic amines) is 1. The van der Waals surface area contributed by atoms with Crippen molar-refractivity contribution in [1.82, 2.24) is 4.90 Å². The first-order valence-electron chi connectivity index (χ1n) is 6.11. The van der Waals surface area contributed by atoms with Crippen molar-refractivity contribution in [2.45, 2.75) is 18.6 Å². The van der Waals surface area contributed by atoms with Gasteiger partial charge in [-0.3, -0.25) is 4.90 Å². The Balaban J connectivity index is 2.40. The monoisotopic (exact) mass is 276 g/mol. The fourth-order valence-corrected chi connectivity index (χ4v) is 2.74. The third-order valence-electron chi connectivity index (χ3n) is 3.71. The van der Waals surface area contributed by atoms with Gasteiger partial charge < -0.3 is 5.73 Å². The summed E-state index contributed by atoms with van der Waals surface area (Å²) in [6.07, 6.45) is -3.83. The van der Waals surface area contributed by atoms with Gasteiger partial charge in [-0.25, -0.2) is 4.39 Å². The van der Waals surface area contributed by atoms with Crippen molar-refractivity contribution in [3.8, 4) is 0 Å². The first-order valence-corrected chi connectivity index (χ1v) is 6.11. The lowest BCUT2D eigenvalue weighted by atomic mass is 9.92. The van der Waals surface area contributed by atoms with E-state index in [1.54, 1.807) is 0 Å². The van der Waals surface area contributed by atoms with Crippen molar-refractivity contribution in [3.05, 3.63) is 35.1 Å². The summed E-state index contributed by atoms with van der Waals surface area (Å²) in [5.74, 6) is -1.13. The van der Waals surface area contributed by atoms with Crippen LogP contribution in [0.3, 0.4) is 0 Å². The summed E-state index contributed by atoms with van der Waals surface area (Å²) in [5.41, 5.74) is 4.92. The van der Waals surface area contributed by atoms with Crippen LogP contribution in [0.2, 0.25) is 0 Å². The average molecular weight is 276 g/mol. The van der Waals surface area contributed by atoms with Gasteiger partial charge in [-0.15, -0.1) is 0 Å². The van der Waals surface area contributed by atoms with Crippen molar-refractivity contribution in [3.63, 3.8) is 0 Å². The molecule has 1 fully saturated rings. The Labute approximate surface area is 109 Å². The summed E-state index contributed by atoms with van der Waals surface area (Å²) in [4.78, 5) is 1.96. The van der Waals surface area contributed by atoms with Crippen molar-refractivity contribution < 1.29 is 17.6 Å². The van der Waals surface area contributed by atoms with Crippen LogP contribution >= 0.6 is 0 Å². The van der Waals surface area contributed by atoms with Gasteiger partial charge in [0.2, 0.25) is 0 Å². The Kier molecular flexibility index (Phi) is 3.82. The molecule has 1 heterocycles. The molecule has 1 aliphatic heterocycles. The number of rotatable bonds is 2. The Morgan fingerprint density at radius 3 is 2.63 bits per heavy atom. The molecule has 1 saturated heterocycles. The Hall–Kier alpha value is -1.14. The van der Waals surface area contributed by atoms with Crippen LogP contribution in [-0.4, -0.2) is 25.0 Å². The van der Waals surface area contributed by atoms with E-state index in [0.29, 0.717) is 12.1 Å². The summed E-state index contributed by atoms with van der Waals surface area (Å²) >= 11 is 0. The number of hydrogen-bond donors (Lipinski definition) is 1. The highest BCUT2D eigenvalue weighted by Crippen LogP contribution is 2.39. The van der Waals surface area contributed by atoms with E-state index in [1.807, 2.05) is 11.9 Å². The SMILES string of the molecule is CN1CCC(CN)C1c1ccc(F)c(C(F)(F)F)c1. The van der Waals surface area contributed by atoms with E-state index in [4.69, 9.17) is 5.73 Å². The Morgan fingerprint density at radius 2 is 2.05 bits per heavy atom. The lowest BCUT2D eigenvalue weighted by Gasteiger charge is -2.25. The second-order valence-electron chi connectivity index (χ2n) is 4.95. The molecule has 6 heteroatoms. The van der Waals surface area contributed by atoms with E-state index in [0.717, 1.165) is 25.1 Å². The zero-order chi connectivity index (χ0) is 14.2. The molecule has 19 heavy (non-hydrogen) atoms. The summed E-state index contributed by atoms with van der Waals surface area (Å²) in [7, 11) is 1.84. The van der Waals surface area contributed by atoms with Crippen LogP contribution in [0.5, 0.6) is 0 Å². The summed E-state index contributed by atoms with van der Waals surface area (Å²) < 4.78 is 51.4. The van der Waals surface area contributed by atoms with Gasteiger partial charge in [0.15, 0.2) is 0 Å². The lowest BCUT2D eigenvalue weighted by molar-refractivity contribution is -0.140. The minimum absolute atomic E-state index is 0.108. The van der Waals surface area contributed by atoms with Crippen LogP contribution < -0.4 is 5.73 Å². The van der Waals surface area contributed by atoms with Gasteiger partial charge in [0.1, 0.15) is 5.82 Å². The van der Waals surface area contributed by atoms with Gasteiger partial charge in [0.25, 0.3) is 0 Å². The zero-order valence-corrected chi connectivity index (χ0v) is 10.5. The number of alkyl halides is 3. The molecule has 0 aromatic heterocycles. The van der Waals surface area contributed by atoms with E-state index in [1.165, 1.54) is 6.07 Å². The van der Waals surface area contributed by atoms with Crippen molar-refractivity contribution in [1.29, 1.82) is 0 Å². The molecular formula is C13H16F4N2. The predicted octanol–water partition coefficient (Wildman–Crippen LogP) is 2.80. The third kappa shape index (κ3) is 2.74. The molecule has 2 rings (SSSR count). The molecule has 0 aliphatic carbocycles. The quantitative estimate of drug-likeness (QED) is 0.842. The van der Waals surface area contributed by atoms with Crippen molar-refractivity contribution in [2.75, 3.05) is 20.1 Å². The molecule has 1 aliphatic rings. The highest BCUT2D eigenvalue weighted by molar-refractivity contribution is 5.30. The molecule has 0 radical (unpaired) electrons. The second kappa shape index (κ2) is 5.09. The topological polar surface area (TPSA) is 29.3 Å². The maximum atomic E-state index is 13.3. The van der Waals surface area contributed by atoms with E-state index >= 15 is 0 Å². The summed E-state index contributed by atoms with van der Waals surface area (Å²) in [5, 5.41) is 0. The number of halogens is 4. The molecule has 0 spiro atoms. The molecule has 0 bridgehead atoms. The fourth-order valence-electron chi connectivity index (χ4n) is 2.74. The van der Waals surface area contributed by atoms with Gasteiger partial charge in [0, 0.05) is 6.04 Å². The molecule has 0 saturated carbocycles. The number of nitrogens with zero attached hydrogens (tertiary/aromatic N) is 1. The third-order valence-corrected chi connectivity index (χ3v) is 3.71. The summed E-state index contributed by atoms with van der Waals surface area (Å²) in [6.45, 7) is 1.19. The van der Waals surface area contributed by atoms with E-state index in [9.17, 15) is 17.6 Å². The van der Waals surface area contributed by atoms with Crippen LogP contribution in [0.1, 0.15) is 23.6 Å². The number of nitrogens with two attached hydrogens (primary N) is 1. The van der Waals surface area contributed by atoms with Gasteiger partial charge >= 0.3 is 6.18 Å².